The third kappa shape index (κ3) is 4.06. The molecular formula is C14H30N2. The molecule has 1 unspecified atom stereocenters. The Morgan fingerprint density at radius 1 is 1.25 bits per heavy atom. The molecule has 1 fully saturated rings. The lowest BCUT2D eigenvalue weighted by Gasteiger charge is -2.37. The molecule has 0 aromatic heterocycles. The van der Waals surface area contributed by atoms with Gasteiger partial charge >= 0.3 is 0 Å². The van der Waals surface area contributed by atoms with Gasteiger partial charge in [0, 0.05) is 25.2 Å². The van der Waals surface area contributed by atoms with Crippen molar-refractivity contribution < 1.29 is 0 Å². The number of nitrogens with zero attached hydrogens (tertiary/aromatic N) is 1. The SMILES string of the molecule is CCCC(CN)N(CC(C)C)C1CCCC1. The van der Waals surface area contributed by atoms with Gasteiger partial charge in [0.05, 0.1) is 0 Å². The standard InChI is InChI=1S/C14H30N2/c1-4-7-14(10-15)16(11-12(2)3)13-8-5-6-9-13/h12-14H,4-11,15H2,1-3H3. The highest BCUT2D eigenvalue weighted by Gasteiger charge is 2.27. The van der Waals surface area contributed by atoms with E-state index in [4.69, 9.17) is 5.73 Å². The topological polar surface area (TPSA) is 29.3 Å². The Bertz CT molecular complexity index is 174. The van der Waals surface area contributed by atoms with Crippen LogP contribution < -0.4 is 5.73 Å². The predicted octanol–water partition coefficient (Wildman–Crippen LogP) is 3.01. The van der Waals surface area contributed by atoms with Gasteiger partial charge in [0.25, 0.3) is 0 Å². The molecule has 2 N–H and O–H groups in total. The molecule has 0 amide bonds. The smallest absolute Gasteiger partial charge is 0.0221 e. The van der Waals surface area contributed by atoms with Crippen LogP contribution in [0.4, 0.5) is 0 Å². The first-order valence-corrected chi connectivity index (χ1v) is 7.14. The van der Waals surface area contributed by atoms with Gasteiger partial charge < -0.3 is 5.73 Å². The number of rotatable bonds is 7. The van der Waals surface area contributed by atoms with Crippen LogP contribution in [0, 0.1) is 5.92 Å². The van der Waals surface area contributed by atoms with Gasteiger partial charge in [0.2, 0.25) is 0 Å². The van der Waals surface area contributed by atoms with Gasteiger partial charge in [-0.2, -0.15) is 0 Å². The molecule has 16 heavy (non-hydrogen) atoms. The molecule has 0 bridgehead atoms. The Hall–Kier alpha value is -0.0800. The zero-order chi connectivity index (χ0) is 12.0. The van der Waals surface area contributed by atoms with Crippen molar-refractivity contribution in [2.75, 3.05) is 13.1 Å². The van der Waals surface area contributed by atoms with Crippen LogP contribution in [0.2, 0.25) is 0 Å². The average Bonchev–Trinajstić information content (AvgIpc) is 2.76. The maximum absolute atomic E-state index is 5.96. The first kappa shape index (κ1) is 14.0. The summed E-state index contributed by atoms with van der Waals surface area (Å²) >= 11 is 0. The lowest BCUT2D eigenvalue weighted by Crippen LogP contribution is -2.47. The van der Waals surface area contributed by atoms with Crippen LogP contribution in [0.1, 0.15) is 59.3 Å². The molecule has 1 saturated carbocycles. The quantitative estimate of drug-likeness (QED) is 0.723. The normalized spacial score (nSPS) is 19.9. The van der Waals surface area contributed by atoms with Gasteiger partial charge in [0.1, 0.15) is 0 Å². The first-order valence-electron chi connectivity index (χ1n) is 7.14. The van der Waals surface area contributed by atoms with Crippen LogP contribution >= 0.6 is 0 Å². The molecule has 0 aromatic carbocycles. The van der Waals surface area contributed by atoms with Crippen molar-refractivity contribution in [2.24, 2.45) is 11.7 Å². The van der Waals surface area contributed by atoms with Crippen LogP contribution in [0.3, 0.4) is 0 Å². The van der Waals surface area contributed by atoms with Crippen LogP contribution in [0.25, 0.3) is 0 Å². The zero-order valence-corrected chi connectivity index (χ0v) is 11.4. The third-order valence-electron chi connectivity index (χ3n) is 3.73. The minimum atomic E-state index is 0.621. The van der Waals surface area contributed by atoms with Gasteiger partial charge in [-0.3, -0.25) is 4.90 Å². The Labute approximate surface area is 102 Å². The average molecular weight is 226 g/mol. The minimum absolute atomic E-state index is 0.621. The molecule has 2 heteroatoms. The zero-order valence-electron chi connectivity index (χ0n) is 11.4. The van der Waals surface area contributed by atoms with E-state index in [1.807, 2.05) is 0 Å². The molecule has 1 aliphatic carbocycles. The fraction of sp³-hybridized carbons (Fsp3) is 1.00. The summed E-state index contributed by atoms with van der Waals surface area (Å²) in [5.74, 6) is 0.756. The minimum Gasteiger partial charge on any atom is -0.329 e. The van der Waals surface area contributed by atoms with E-state index in [1.165, 1.54) is 45.1 Å². The molecule has 0 heterocycles. The molecule has 0 saturated heterocycles. The molecule has 1 rings (SSSR count). The van der Waals surface area contributed by atoms with E-state index in [-0.39, 0.29) is 0 Å². The first-order chi connectivity index (χ1) is 7.69. The highest BCUT2D eigenvalue weighted by atomic mass is 15.2. The van der Waals surface area contributed by atoms with E-state index in [1.54, 1.807) is 0 Å². The summed E-state index contributed by atoms with van der Waals surface area (Å²) in [7, 11) is 0. The summed E-state index contributed by atoms with van der Waals surface area (Å²) < 4.78 is 0. The van der Waals surface area contributed by atoms with Crippen LogP contribution in [-0.4, -0.2) is 30.1 Å². The molecule has 2 nitrogen and oxygen atoms in total. The van der Waals surface area contributed by atoms with Crippen LogP contribution in [0.15, 0.2) is 0 Å². The van der Waals surface area contributed by atoms with E-state index < -0.39 is 0 Å². The van der Waals surface area contributed by atoms with Gasteiger partial charge in [-0.05, 0) is 25.2 Å². The van der Waals surface area contributed by atoms with Gasteiger partial charge in [0.15, 0.2) is 0 Å². The number of hydrogen-bond donors (Lipinski definition) is 1. The van der Waals surface area contributed by atoms with Crippen molar-refractivity contribution in [1.82, 2.24) is 4.90 Å². The van der Waals surface area contributed by atoms with E-state index in [0.717, 1.165) is 18.5 Å². The highest BCUT2D eigenvalue weighted by molar-refractivity contribution is 4.83. The van der Waals surface area contributed by atoms with Crippen LogP contribution in [0.5, 0.6) is 0 Å². The van der Waals surface area contributed by atoms with Crippen molar-refractivity contribution in [1.29, 1.82) is 0 Å². The van der Waals surface area contributed by atoms with Crippen LogP contribution in [-0.2, 0) is 0 Å². The van der Waals surface area contributed by atoms with Gasteiger partial charge in [-0.15, -0.1) is 0 Å². The fourth-order valence-corrected chi connectivity index (χ4v) is 3.01. The molecule has 1 atom stereocenters. The van der Waals surface area contributed by atoms with E-state index in [2.05, 4.69) is 25.7 Å². The van der Waals surface area contributed by atoms with Gasteiger partial charge in [-0.1, -0.05) is 40.0 Å². The molecule has 0 spiro atoms. The summed E-state index contributed by atoms with van der Waals surface area (Å²) in [6.45, 7) is 8.97. The highest BCUT2D eigenvalue weighted by Crippen LogP contribution is 2.26. The number of hydrogen-bond acceptors (Lipinski definition) is 2. The van der Waals surface area contributed by atoms with E-state index in [0.29, 0.717) is 6.04 Å². The molecular weight excluding hydrogens is 196 g/mol. The predicted molar refractivity (Wildman–Crippen MR) is 71.6 cm³/mol. The molecule has 96 valence electrons. The van der Waals surface area contributed by atoms with Crippen molar-refractivity contribution in [3.05, 3.63) is 0 Å². The largest absolute Gasteiger partial charge is 0.329 e. The van der Waals surface area contributed by atoms with Crippen molar-refractivity contribution >= 4 is 0 Å². The Balaban J connectivity index is 2.59. The molecule has 0 aromatic rings. The summed E-state index contributed by atoms with van der Waals surface area (Å²) in [6, 6.07) is 1.44. The Kier molecular flexibility index (Phi) is 6.37. The van der Waals surface area contributed by atoms with E-state index in [9.17, 15) is 0 Å². The lowest BCUT2D eigenvalue weighted by molar-refractivity contribution is 0.115. The number of nitrogens with two attached hydrogens (primary N) is 1. The third-order valence-corrected chi connectivity index (χ3v) is 3.73. The Morgan fingerprint density at radius 2 is 1.88 bits per heavy atom. The second-order valence-electron chi connectivity index (χ2n) is 5.71. The summed E-state index contributed by atoms with van der Waals surface area (Å²) in [4.78, 5) is 2.72. The van der Waals surface area contributed by atoms with Gasteiger partial charge in [-0.25, -0.2) is 0 Å². The maximum atomic E-state index is 5.96. The second-order valence-corrected chi connectivity index (χ2v) is 5.71. The molecule has 1 aliphatic rings. The monoisotopic (exact) mass is 226 g/mol. The summed E-state index contributed by atoms with van der Waals surface area (Å²) in [5, 5.41) is 0. The maximum Gasteiger partial charge on any atom is 0.0221 e. The van der Waals surface area contributed by atoms with E-state index >= 15 is 0 Å². The van der Waals surface area contributed by atoms with Crippen molar-refractivity contribution in [2.45, 2.75) is 71.4 Å². The lowest BCUT2D eigenvalue weighted by atomic mass is 10.0. The second kappa shape index (κ2) is 7.29. The summed E-state index contributed by atoms with van der Waals surface area (Å²) in [6.07, 6.45) is 8.15. The molecule has 0 aliphatic heterocycles. The Morgan fingerprint density at radius 3 is 2.31 bits per heavy atom. The van der Waals surface area contributed by atoms with Crippen molar-refractivity contribution in [3.63, 3.8) is 0 Å². The molecule has 0 radical (unpaired) electrons. The van der Waals surface area contributed by atoms with Crippen molar-refractivity contribution in [3.8, 4) is 0 Å². The fourth-order valence-electron chi connectivity index (χ4n) is 3.01. The summed E-state index contributed by atoms with van der Waals surface area (Å²) in [5.41, 5.74) is 5.96.